The van der Waals surface area contributed by atoms with E-state index in [1.807, 2.05) is 0 Å². The molecule has 9 aromatic carbocycles. The molecule has 0 aliphatic heterocycles. The number of nitrogens with zero attached hydrogens (tertiary/aromatic N) is 2. The van der Waals surface area contributed by atoms with Crippen molar-refractivity contribution in [3.8, 4) is 33.6 Å². The highest BCUT2D eigenvalue weighted by Gasteiger charge is 2.22. The molecule has 4 heterocycles. The smallest absolute Gasteiger partial charge is 0.0549 e. The van der Waals surface area contributed by atoms with Gasteiger partial charge in [0.25, 0.3) is 0 Å². The summed E-state index contributed by atoms with van der Waals surface area (Å²) in [6.45, 7) is 0. The van der Waals surface area contributed by atoms with Gasteiger partial charge in [0.2, 0.25) is 0 Å². The van der Waals surface area contributed by atoms with E-state index in [2.05, 4.69) is 233 Å². The molecule has 0 saturated heterocycles. The molecule has 0 fully saturated rings. The second kappa shape index (κ2) is 12.8. The summed E-state index contributed by atoms with van der Waals surface area (Å²) in [5.74, 6) is 0. The van der Waals surface area contributed by atoms with E-state index in [1.165, 1.54) is 65.2 Å². The fourth-order valence-electron chi connectivity index (χ4n) is 9.98. The van der Waals surface area contributed by atoms with Crippen molar-refractivity contribution in [2.75, 3.05) is 0 Å². The van der Waals surface area contributed by atoms with Crippen LogP contribution in [0.5, 0.6) is 0 Å². The summed E-state index contributed by atoms with van der Waals surface area (Å²) in [6.07, 6.45) is 0. The van der Waals surface area contributed by atoms with Crippen LogP contribution in [0.15, 0.2) is 191 Å². The molecule has 13 aromatic rings. The minimum absolute atomic E-state index is 1.05. The first kappa shape index (κ1) is 34.0. The summed E-state index contributed by atoms with van der Waals surface area (Å²) in [6, 6.07) is 66.1. The summed E-state index contributed by atoms with van der Waals surface area (Å²) in [5.41, 5.74) is 16.1. The molecule has 0 radical (unpaired) electrons. The van der Waals surface area contributed by atoms with Crippen molar-refractivity contribution in [2.45, 2.75) is 0 Å². The fraction of sp³-hybridized carbons (Fsp3) is 0. The quantitative estimate of drug-likeness (QED) is 0.177. The molecule has 0 amide bonds. The van der Waals surface area contributed by atoms with Crippen molar-refractivity contribution in [3.63, 3.8) is 0 Å². The second-order valence-corrected chi connectivity index (χ2v) is 17.5. The lowest BCUT2D eigenvalue weighted by Gasteiger charge is -2.17. The Morgan fingerprint density at radius 2 is 0.933 bits per heavy atom. The van der Waals surface area contributed by atoms with Gasteiger partial charge < -0.3 is 19.1 Å². The van der Waals surface area contributed by atoms with Crippen LogP contribution in [0.1, 0.15) is 0 Å². The van der Waals surface area contributed by atoms with Crippen molar-refractivity contribution in [1.29, 1.82) is 0 Å². The zero-order valence-electron chi connectivity index (χ0n) is 32.0. The normalized spacial score (nSPS) is 12.2. The third kappa shape index (κ3) is 4.83. The van der Waals surface area contributed by atoms with Gasteiger partial charge in [-0.15, -0.1) is 0 Å². The number of aromatic nitrogens is 4. The minimum Gasteiger partial charge on any atom is -0.354 e. The topological polar surface area (TPSA) is 41.4 Å². The Morgan fingerprint density at radius 3 is 1.65 bits per heavy atom. The van der Waals surface area contributed by atoms with Crippen molar-refractivity contribution < 1.29 is 0 Å². The average molecular weight is 897 g/mol. The van der Waals surface area contributed by atoms with E-state index in [1.54, 1.807) is 0 Å². The van der Waals surface area contributed by atoms with Gasteiger partial charge in [0, 0.05) is 85.4 Å². The first-order valence-electron chi connectivity index (χ1n) is 20.1. The van der Waals surface area contributed by atoms with Gasteiger partial charge in [-0.25, -0.2) is 0 Å². The standard InChI is InChI=1S/C54H32Br2N4/c55-33-20-21-42-39(28-33)51-43(57-42)23-26-50-54(51)36-16-8-10-18-47(36)60(50)48-24-19-32(27-38(48)31-11-3-1-4-12-31)37-30-45-40(29-41(37)56)52-44(58-45)22-25-49-53(52)35-15-7-9-17-46(35)59(49)34-13-5-2-6-14-34/h1-30,57-58H. The van der Waals surface area contributed by atoms with E-state index in [4.69, 9.17) is 0 Å². The Bertz CT molecular complexity index is 3910. The number of fused-ring (bicyclic) bond motifs is 14. The van der Waals surface area contributed by atoms with E-state index < -0.39 is 0 Å². The van der Waals surface area contributed by atoms with Gasteiger partial charge in [-0.1, -0.05) is 123 Å². The number of H-pyrrole nitrogens is 2. The maximum absolute atomic E-state index is 4.10. The summed E-state index contributed by atoms with van der Waals surface area (Å²) in [4.78, 5) is 7.52. The van der Waals surface area contributed by atoms with Crippen molar-refractivity contribution >= 4 is 119 Å². The highest BCUT2D eigenvalue weighted by molar-refractivity contribution is 9.10. The van der Waals surface area contributed by atoms with Crippen LogP contribution in [0.3, 0.4) is 0 Å². The highest BCUT2D eigenvalue weighted by atomic mass is 79.9. The highest BCUT2D eigenvalue weighted by Crippen LogP contribution is 2.46. The molecule has 2 N–H and O–H groups in total. The van der Waals surface area contributed by atoms with Crippen LogP contribution in [-0.4, -0.2) is 19.1 Å². The molecular formula is C54H32Br2N4. The maximum Gasteiger partial charge on any atom is 0.0549 e. The Morgan fingerprint density at radius 1 is 0.350 bits per heavy atom. The summed E-state index contributed by atoms with van der Waals surface area (Å²) in [5, 5.41) is 9.89. The Kier molecular flexibility index (Phi) is 7.27. The summed E-state index contributed by atoms with van der Waals surface area (Å²) < 4.78 is 6.97. The predicted octanol–water partition coefficient (Wildman–Crippen LogP) is 16.0. The van der Waals surface area contributed by atoms with E-state index in [0.29, 0.717) is 0 Å². The van der Waals surface area contributed by atoms with Crippen LogP contribution in [0.2, 0.25) is 0 Å². The molecule has 0 aliphatic rings. The van der Waals surface area contributed by atoms with E-state index >= 15 is 0 Å². The Balaban J connectivity index is 1.04. The van der Waals surface area contributed by atoms with Crippen molar-refractivity contribution in [1.82, 2.24) is 19.1 Å². The van der Waals surface area contributed by atoms with Gasteiger partial charge in [-0.2, -0.15) is 0 Å². The van der Waals surface area contributed by atoms with Gasteiger partial charge >= 0.3 is 0 Å². The molecule has 13 rings (SSSR count). The average Bonchev–Trinajstić information content (AvgIpc) is 4.03. The first-order valence-corrected chi connectivity index (χ1v) is 21.7. The molecule has 0 bridgehead atoms. The molecular weight excluding hydrogens is 864 g/mol. The van der Waals surface area contributed by atoms with Crippen LogP contribution in [0, 0.1) is 0 Å². The predicted molar refractivity (Wildman–Crippen MR) is 260 cm³/mol. The molecule has 4 aromatic heterocycles. The number of para-hydroxylation sites is 3. The van der Waals surface area contributed by atoms with E-state index in [-0.39, 0.29) is 0 Å². The SMILES string of the molecule is Brc1ccc2[nH]c3ccc4c(c5ccccc5n4-c4ccc(-c5cc6[nH]c7ccc8c(c9ccccc9n8-c8ccccc8)c7c6cc5Br)cc4-c4ccccc4)c3c2c1. The third-order valence-electron chi connectivity index (χ3n) is 12.5. The number of nitrogens with one attached hydrogen (secondary N) is 2. The zero-order chi connectivity index (χ0) is 39.6. The number of halogens is 2. The van der Waals surface area contributed by atoms with Gasteiger partial charge in [0.1, 0.15) is 0 Å². The number of aromatic amines is 2. The van der Waals surface area contributed by atoms with Gasteiger partial charge in [0.15, 0.2) is 0 Å². The minimum atomic E-state index is 1.05. The number of benzene rings is 9. The van der Waals surface area contributed by atoms with Crippen LogP contribution < -0.4 is 0 Å². The van der Waals surface area contributed by atoms with E-state index in [0.717, 1.165) is 64.6 Å². The van der Waals surface area contributed by atoms with Crippen LogP contribution in [0.25, 0.3) is 121 Å². The monoisotopic (exact) mass is 894 g/mol. The van der Waals surface area contributed by atoms with E-state index in [9.17, 15) is 0 Å². The van der Waals surface area contributed by atoms with Crippen LogP contribution >= 0.6 is 31.9 Å². The lowest BCUT2D eigenvalue weighted by atomic mass is 9.96. The van der Waals surface area contributed by atoms with Crippen molar-refractivity contribution in [2.24, 2.45) is 0 Å². The van der Waals surface area contributed by atoms with Gasteiger partial charge in [-0.05, 0) is 108 Å². The van der Waals surface area contributed by atoms with Crippen LogP contribution in [0.4, 0.5) is 0 Å². The van der Waals surface area contributed by atoms with Gasteiger partial charge in [0.05, 0.1) is 27.8 Å². The largest absolute Gasteiger partial charge is 0.354 e. The Labute approximate surface area is 360 Å². The number of rotatable bonds is 4. The molecule has 4 nitrogen and oxygen atoms in total. The summed E-state index contributed by atoms with van der Waals surface area (Å²) in [7, 11) is 0. The fourth-order valence-corrected chi connectivity index (χ4v) is 10.9. The molecule has 282 valence electrons. The molecule has 60 heavy (non-hydrogen) atoms. The van der Waals surface area contributed by atoms with Crippen LogP contribution in [-0.2, 0) is 0 Å². The van der Waals surface area contributed by atoms with Gasteiger partial charge in [-0.3, -0.25) is 0 Å². The molecule has 0 aliphatic carbocycles. The number of hydrogen-bond donors (Lipinski definition) is 2. The lowest BCUT2D eigenvalue weighted by molar-refractivity contribution is 1.18. The molecule has 0 saturated carbocycles. The maximum atomic E-state index is 4.10. The Hall–Kier alpha value is -6.86. The molecule has 6 heteroatoms. The summed E-state index contributed by atoms with van der Waals surface area (Å²) >= 11 is 7.85. The molecule has 0 unspecified atom stereocenters. The molecule has 0 spiro atoms. The number of hydrogen-bond acceptors (Lipinski definition) is 0. The third-order valence-corrected chi connectivity index (χ3v) is 13.6. The first-order chi connectivity index (χ1) is 29.6. The zero-order valence-corrected chi connectivity index (χ0v) is 35.1. The second-order valence-electron chi connectivity index (χ2n) is 15.7. The van der Waals surface area contributed by atoms with Crippen molar-refractivity contribution in [3.05, 3.63) is 191 Å². The lowest BCUT2D eigenvalue weighted by Crippen LogP contribution is -1.98. The molecule has 0 atom stereocenters.